The summed E-state index contributed by atoms with van der Waals surface area (Å²) in [6, 6.07) is 13.4. The Bertz CT molecular complexity index is 868. The van der Waals surface area contributed by atoms with Crippen LogP contribution in [0.5, 0.6) is 0 Å². The third kappa shape index (κ3) is 2.73. The molecule has 0 aromatic heterocycles. The molecular formula is C19H18FN3O2. The molecule has 1 saturated carbocycles. The number of aliphatic imine (C=N–C) groups is 1. The fourth-order valence-corrected chi connectivity index (χ4v) is 3.36. The highest BCUT2D eigenvalue weighted by molar-refractivity contribution is 6.04. The number of anilines is 1. The molecule has 0 spiro atoms. The zero-order chi connectivity index (χ0) is 17.6. The van der Waals surface area contributed by atoms with Gasteiger partial charge in [0.1, 0.15) is 11.9 Å². The van der Waals surface area contributed by atoms with Gasteiger partial charge in [-0.2, -0.15) is 0 Å². The molecule has 1 aliphatic carbocycles. The molecule has 0 unspecified atom stereocenters. The summed E-state index contributed by atoms with van der Waals surface area (Å²) in [6.45, 7) is 1.85. The first-order chi connectivity index (χ1) is 12.0. The number of amidine groups is 1. The van der Waals surface area contributed by atoms with Crippen LogP contribution in [-0.4, -0.2) is 18.0 Å². The van der Waals surface area contributed by atoms with Crippen LogP contribution in [0.25, 0.3) is 0 Å². The van der Waals surface area contributed by atoms with E-state index in [0.717, 1.165) is 6.42 Å². The SMILES string of the molecule is C[C@]1(c2cc(N)ccc2F)N=C(NC(=O)c2ccccc2)O[C@@H]2C[C@@H]21. The molecule has 2 aliphatic rings. The van der Waals surface area contributed by atoms with Gasteiger partial charge >= 0.3 is 0 Å². The quantitative estimate of drug-likeness (QED) is 0.826. The third-order valence-corrected chi connectivity index (χ3v) is 4.84. The van der Waals surface area contributed by atoms with E-state index >= 15 is 0 Å². The van der Waals surface area contributed by atoms with Crippen molar-refractivity contribution in [2.24, 2.45) is 10.9 Å². The molecule has 1 fully saturated rings. The summed E-state index contributed by atoms with van der Waals surface area (Å²) in [5, 5.41) is 2.69. The second-order valence-electron chi connectivity index (χ2n) is 6.62. The molecular weight excluding hydrogens is 321 g/mol. The van der Waals surface area contributed by atoms with E-state index in [9.17, 15) is 9.18 Å². The molecule has 0 saturated heterocycles. The predicted octanol–water partition coefficient (Wildman–Crippen LogP) is 2.83. The Morgan fingerprint density at radius 1 is 1.32 bits per heavy atom. The number of nitrogen functional groups attached to an aromatic ring is 1. The number of hydrogen-bond acceptors (Lipinski definition) is 4. The van der Waals surface area contributed by atoms with Crippen molar-refractivity contribution in [3.8, 4) is 0 Å². The van der Waals surface area contributed by atoms with E-state index in [4.69, 9.17) is 10.5 Å². The highest BCUT2D eigenvalue weighted by atomic mass is 19.1. The van der Waals surface area contributed by atoms with Crippen LogP contribution >= 0.6 is 0 Å². The summed E-state index contributed by atoms with van der Waals surface area (Å²) in [5.41, 5.74) is 6.42. The summed E-state index contributed by atoms with van der Waals surface area (Å²) >= 11 is 0. The standard InChI is InChI=1S/C19H18FN3O2/c1-19(13-9-12(21)7-8-15(13)20)14-10-16(14)25-18(23-19)22-17(24)11-5-3-2-4-6-11/h2-9,14,16H,10,21H2,1H3,(H,22,23,24)/t14-,16+,19+/m0/s1. The number of carbonyl (C=O) groups excluding carboxylic acids is 1. The number of fused-ring (bicyclic) bond motifs is 1. The number of nitrogens with one attached hydrogen (secondary N) is 1. The lowest BCUT2D eigenvalue weighted by Crippen LogP contribution is -2.41. The molecule has 4 rings (SSSR count). The number of nitrogens with zero attached hydrogens (tertiary/aromatic N) is 1. The lowest BCUT2D eigenvalue weighted by Gasteiger charge is -2.31. The Morgan fingerprint density at radius 3 is 2.84 bits per heavy atom. The van der Waals surface area contributed by atoms with E-state index in [2.05, 4.69) is 10.3 Å². The summed E-state index contributed by atoms with van der Waals surface area (Å²) in [7, 11) is 0. The van der Waals surface area contributed by atoms with E-state index in [1.165, 1.54) is 12.1 Å². The fourth-order valence-electron chi connectivity index (χ4n) is 3.36. The second kappa shape index (κ2) is 5.58. The smallest absolute Gasteiger partial charge is 0.292 e. The molecule has 0 bridgehead atoms. The van der Waals surface area contributed by atoms with E-state index < -0.39 is 5.54 Å². The lowest BCUT2D eigenvalue weighted by molar-refractivity contribution is 0.0956. The van der Waals surface area contributed by atoms with Crippen LogP contribution in [0.2, 0.25) is 0 Å². The molecule has 5 nitrogen and oxygen atoms in total. The first-order valence-corrected chi connectivity index (χ1v) is 8.16. The minimum absolute atomic E-state index is 0.0705. The van der Waals surface area contributed by atoms with E-state index in [-0.39, 0.29) is 29.8 Å². The van der Waals surface area contributed by atoms with Crippen molar-refractivity contribution in [1.29, 1.82) is 0 Å². The normalized spacial score (nSPS) is 26.9. The number of rotatable bonds is 2. The van der Waals surface area contributed by atoms with Gasteiger partial charge in [-0.1, -0.05) is 18.2 Å². The van der Waals surface area contributed by atoms with Gasteiger partial charge in [-0.15, -0.1) is 0 Å². The van der Waals surface area contributed by atoms with Crippen molar-refractivity contribution < 1.29 is 13.9 Å². The van der Waals surface area contributed by atoms with Crippen LogP contribution in [0.1, 0.15) is 29.3 Å². The van der Waals surface area contributed by atoms with Crippen LogP contribution in [0.3, 0.4) is 0 Å². The van der Waals surface area contributed by atoms with Gasteiger partial charge in [-0.05, 0) is 43.7 Å². The Labute approximate surface area is 144 Å². The minimum atomic E-state index is -0.818. The van der Waals surface area contributed by atoms with Gasteiger partial charge in [0.15, 0.2) is 0 Å². The maximum atomic E-state index is 14.4. The molecule has 3 N–H and O–H groups in total. The van der Waals surface area contributed by atoms with Gasteiger partial charge in [-0.3, -0.25) is 10.1 Å². The maximum absolute atomic E-state index is 14.4. The molecule has 25 heavy (non-hydrogen) atoms. The number of amides is 1. The summed E-state index contributed by atoms with van der Waals surface area (Å²) in [4.78, 5) is 16.9. The first kappa shape index (κ1) is 15.6. The third-order valence-electron chi connectivity index (χ3n) is 4.84. The topological polar surface area (TPSA) is 76.7 Å². The number of hydrogen-bond donors (Lipinski definition) is 2. The van der Waals surface area contributed by atoms with Crippen molar-refractivity contribution in [3.05, 3.63) is 65.5 Å². The van der Waals surface area contributed by atoms with Crippen molar-refractivity contribution >= 4 is 17.6 Å². The number of halogens is 1. The zero-order valence-corrected chi connectivity index (χ0v) is 13.7. The Balaban J connectivity index is 1.66. The van der Waals surface area contributed by atoms with Gasteiger partial charge < -0.3 is 10.5 Å². The van der Waals surface area contributed by atoms with Gasteiger partial charge in [0, 0.05) is 22.7 Å². The number of benzene rings is 2. The molecule has 128 valence electrons. The number of nitrogens with two attached hydrogens (primary N) is 1. The van der Waals surface area contributed by atoms with Crippen LogP contribution < -0.4 is 11.1 Å². The monoisotopic (exact) mass is 339 g/mol. The molecule has 1 aliphatic heterocycles. The van der Waals surface area contributed by atoms with Crippen molar-refractivity contribution in [2.45, 2.75) is 25.0 Å². The fraction of sp³-hybridized carbons (Fsp3) is 0.263. The second-order valence-corrected chi connectivity index (χ2v) is 6.62. The lowest BCUT2D eigenvalue weighted by atomic mass is 9.86. The highest BCUT2D eigenvalue weighted by Crippen LogP contribution is 2.53. The maximum Gasteiger partial charge on any atom is 0.292 e. The summed E-state index contributed by atoms with van der Waals surface area (Å²) in [5.74, 6) is -0.600. The summed E-state index contributed by atoms with van der Waals surface area (Å²) in [6.07, 6.45) is 0.688. The van der Waals surface area contributed by atoms with E-state index in [1.54, 1.807) is 30.3 Å². The van der Waals surface area contributed by atoms with Gasteiger partial charge in [0.25, 0.3) is 11.9 Å². The van der Waals surface area contributed by atoms with Crippen molar-refractivity contribution in [3.63, 3.8) is 0 Å². The predicted molar refractivity (Wildman–Crippen MR) is 92.5 cm³/mol. The van der Waals surface area contributed by atoms with Crippen LogP contribution in [0, 0.1) is 11.7 Å². The molecule has 0 radical (unpaired) electrons. The van der Waals surface area contributed by atoms with Crippen LogP contribution in [-0.2, 0) is 10.3 Å². The van der Waals surface area contributed by atoms with Crippen molar-refractivity contribution in [2.75, 3.05) is 5.73 Å². The molecule has 1 amide bonds. The first-order valence-electron chi connectivity index (χ1n) is 8.16. The average molecular weight is 339 g/mol. The molecule has 6 heteroatoms. The number of carbonyl (C=O) groups is 1. The molecule has 1 heterocycles. The van der Waals surface area contributed by atoms with Gasteiger partial charge in [-0.25, -0.2) is 9.38 Å². The average Bonchev–Trinajstić information content (AvgIpc) is 3.38. The Kier molecular flexibility index (Phi) is 3.49. The molecule has 2 aromatic rings. The van der Waals surface area contributed by atoms with E-state index in [0.29, 0.717) is 16.8 Å². The largest absolute Gasteiger partial charge is 0.461 e. The van der Waals surface area contributed by atoms with Crippen LogP contribution in [0.4, 0.5) is 10.1 Å². The molecule has 2 aromatic carbocycles. The van der Waals surface area contributed by atoms with Gasteiger partial charge in [0.2, 0.25) is 0 Å². The Hall–Kier alpha value is -2.89. The minimum Gasteiger partial charge on any atom is -0.461 e. The molecule has 3 atom stereocenters. The number of ether oxygens (including phenoxy) is 1. The highest BCUT2D eigenvalue weighted by Gasteiger charge is 2.57. The van der Waals surface area contributed by atoms with Gasteiger partial charge in [0.05, 0.1) is 5.54 Å². The summed E-state index contributed by atoms with van der Waals surface area (Å²) < 4.78 is 20.1. The van der Waals surface area contributed by atoms with Crippen molar-refractivity contribution in [1.82, 2.24) is 5.32 Å². The van der Waals surface area contributed by atoms with E-state index in [1.807, 2.05) is 13.0 Å². The Morgan fingerprint density at radius 2 is 2.08 bits per heavy atom. The van der Waals surface area contributed by atoms with Crippen LogP contribution in [0.15, 0.2) is 53.5 Å². The zero-order valence-electron chi connectivity index (χ0n) is 13.7.